The fourth-order valence-corrected chi connectivity index (χ4v) is 2.90. The highest BCUT2D eigenvalue weighted by atomic mass is 35.5. The molecule has 1 aliphatic rings. The number of pyridine rings is 2. The van der Waals surface area contributed by atoms with Gasteiger partial charge in [-0.25, -0.2) is 0 Å². The van der Waals surface area contributed by atoms with Crippen molar-refractivity contribution in [2.24, 2.45) is 0 Å². The van der Waals surface area contributed by atoms with Crippen LogP contribution in [0.15, 0.2) is 36.8 Å². The van der Waals surface area contributed by atoms with E-state index < -0.39 is 0 Å². The molecule has 0 bridgehead atoms. The number of hydrogen-bond acceptors (Lipinski definition) is 4. The lowest BCUT2D eigenvalue weighted by molar-refractivity contribution is 0.0537. The largest absolute Gasteiger partial charge is 0.487 e. The molecule has 2 aromatic rings. The molecule has 1 atom stereocenters. The summed E-state index contributed by atoms with van der Waals surface area (Å²) in [5.74, 6) is 0.614. The SMILES string of the molecule is Cc1ncccc1C(=O)N1CCC[C@@H](Oc2ccncc2Cl)C1. The molecule has 0 aliphatic carbocycles. The second-order valence-electron chi connectivity index (χ2n) is 5.58. The minimum absolute atomic E-state index is 0.00438. The molecule has 1 amide bonds. The van der Waals surface area contributed by atoms with Gasteiger partial charge in [0.15, 0.2) is 0 Å². The van der Waals surface area contributed by atoms with E-state index in [4.69, 9.17) is 16.3 Å². The Morgan fingerprint density at radius 3 is 3.04 bits per heavy atom. The van der Waals surface area contributed by atoms with Crippen molar-refractivity contribution >= 4 is 17.5 Å². The molecule has 0 N–H and O–H groups in total. The number of aryl methyl sites for hydroxylation is 1. The first-order valence-corrected chi connectivity index (χ1v) is 8.00. The standard InChI is InChI=1S/C17H18ClN3O2/c1-12-14(5-2-7-20-12)17(22)21-9-3-4-13(11-21)23-16-6-8-19-10-15(16)18/h2,5-8,10,13H,3-4,9,11H2,1H3/t13-/m1/s1. The molecule has 3 rings (SSSR count). The molecule has 0 unspecified atom stereocenters. The monoisotopic (exact) mass is 331 g/mol. The van der Waals surface area contributed by atoms with Crippen LogP contribution in [0.5, 0.6) is 5.75 Å². The van der Waals surface area contributed by atoms with Crippen molar-refractivity contribution in [1.29, 1.82) is 0 Å². The van der Waals surface area contributed by atoms with Gasteiger partial charge in [-0.2, -0.15) is 0 Å². The maximum absolute atomic E-state index is 12.7. The molecule has 1 saturated heterocycles. The van der Waals surface area contributed by atoms with E-state index in [2.05, 4.69) is 9.97 Å². The third-order valence-corrected chi connectivity index (χ3v) is 4.22. The Hall–Kier alpha value is -2.14. The number of amides is 1. The molecular weight excluding hydrogens is 314 g/mol. The molecule has 1 aliphatic heterocycles. The van der Waals surface area contributed by atoms with Crippen LogP contribution < -0.4 is 4.74 Å². The van der Waals surface area contributed by atoms with Gasteiger partial charge in [0.05, 0.1) is 12.1 Å². The predicted octanol–water partition coefficient (Wildman–Crippen LogP) is 3.12. The number of ether oxygens (including phenoxy) is 1. The zero-order chi connectivity index (χ0) is 16.2. The van der Waals surface area contributed by atoms with E-state index in [9.17, 15) is 4.79 Å². The Balaban J connectivity index is 1.70. The first-order valence-electron chi connectivity index (χ1n) is 7.62. The molecule has 2 aromatic heterocycles. The lowest BCUT2D eigenvalue weighted by Gasteiger charge is -2.33. The Labute approximate surface area is 140 Å². The summed E-state index contributed by atoms with van der Waals surface area (Å²) in [6.07, 6.45) is 6.63. The fourth-order valence-electron chi connectivity index (χ4n) is 2.74. The Morgan fingerprint density at radius 2 is 2.26 bits per heavy atom. The van der Waals surface area contributed by atoms with Gasteiger partial charge in [-0.3, -0.25) is 14.8 Å². The van der Waals surface area contributed by atoms with Gasteiger partial charge in [0, 0.05) is 36.9 Å². The van der Waals surface area contributed by atoms with Gasteiger partial charge in [0.25, 0.3) is 5.91 Å². The number of halogens is 1. The van der Waals surface area contributed by atoms with Crippen LogP contribution in [0.1, 0.15) is 28.9 Å². The number of likely N-dealkylation sites (tertiary alicyclic amines) is 1. The molecule has 23 heavy (non-hydrogen) atoms. The number of hydrogen-bond donors (Lipinski definition) is 0. The van der Waals surface area contributed by atoms with Crippen molar-refractivity contribution in [2.45, 2.75) is 25.9 Å². The summed E-state index contributed by atoms with van der Waals surface area (Å²) < 4.78 is 5.95. The van der Waals surface area contributed by atoms with Crippen LogP contribution in [0.3, 0.4) is 0 Å². The molecule has 5 nitrogen and oxygen atoms in total. The number of carbonyl (C=O) groups excluding carboxylic acids is 1. The highest BCUT2D eigenvalue weighted by Crippen LogP contribution is 2.26. The predicted molar refractivity (Wildman–Crippen MR) is 87.8 cm³/mol. The third-order valence-electron chi connectivity index (χ3n) is 3.93. The molecule has 6 heteroatoms. The normalized spacial score (nSPS) is 17.8. The highest BCUT2D eigenvalue weighted by molar-refractivity contribution is 6.31. The van der Waals surface area contributed by atoms with Gasteiger partial charge in [-0.1, -0.05) is 11.6 Å². The van der Waals surface area contributed by atoms with Crippen LogP contribution in [-0.2, 0) is 0 Å². The molecular formula is C17H18ClN3O2. The third kappa shape index (κ3) is 3.62. The van der Waals surface area contributed by atoms with Crippen LogP contribution >= 0.6 is 11.6 Å². The lowest BCUT2D eigenvalue weighted by Crippen LogP contribution is -2.44. The average Bonchev–Trinajstić information content (AvgIpc) is 2.57. The fraction of sp³-hybridized carbons (Fsp3) is 0.353. The van der Waals surface area contributed by atoms with Gasteiger partial charge in [-0.05, 0) is 31.9 Å². The zero-order valence-corrected chi connectivity index (χ0v) is 13.7. The maximum Gasteiger partial charge on any atom is 0.255 e. The van der Waals surface area contributed by atoms with Crippen molar-refractivity contribution in [3.05, 3.63) is 53.1 Å². The number of carbonyl (C=O) groups is 1. The lowest BCUT2D eigenvalue weighted by atomic mass is 10.1. The van der Waals surface area contributed by atoms with Crippen molar-refractivity contribution in [2.75, 3.05) is 13.1 Å². The van der Waals surface area contributed by atoms with Crippen LogP contribution in [0.2, 0.25) is 5.02 Å². The summed E-state index contributed by atoms with van der Waals surface area (Å²) in [7, 11) is 0. The molecule has 0 aromatic carbocycles. The van der Waals surface area contributed by atoms with Gasteiger partial charge in [-0.15, -0.1) is 0 Å². The van der Waals surface area contributed by atoms with Crippen molar-refractivity contribution in [3.8, 4) is 5.75 Å². The number of piperidine rings is 1. The summed E-state index contributed by atoms with van der Waals surface area (Å²) in [5.41, 5.74) is 1.40. The van der Waals surface area contributed by atoms with Gasteiger partial charge in [0.2, 0.25) is 0 Å². The first-order chi connectivity index (χ1) is 11.1. The molecule has 0 radical (unpaired) electrons. The Kier molecular flexibility index (Phi) is 4.76. The minimum atomic E-state index is -0.0652. The van der Waals surface area contributed by atoms with Crippen molar-refractivity contribution < 1.29 is 9.53 Å². The Bertz CT molecular complexity index is 708. The summed E-state index contributed by atoms with van der Waals surface area (Å²) in [6.45, 7) is 3.13. The van der Waals surface area contributed by atoms with E-state index in [1.807, 2.05) is 17.9 Å². The second kappa shape index (κ2) is 6.96. The topological polar surface area (TPSA) is 55.3 Å². The summed E-state index contributed by atoms with van der Waals surface area (Å²) in [6, 6.07) is 5.35. The summed E-state index contributed by atoms with van der Waals surface area (Å²) in [4.78, 5) is 22.6. The molecule has 3 heterocycles. The van der Waals surface area contributed by atoms with E-state index in [1.54, 1.807) is 30.7 Å². The Morgan fingerprint density at radius 1 is 1.39 bits per heavy atom. The van der Waals surface area contributed by atoms with Crippen LogP contribution in [0, 0.1) is 6.92 Å². The molecule has 0 spiro atoms. The quantitative estimate of drug-likeness (QED) is 0.867. The second-order valence-corrected chi connectivity index (χ2v) is 5.98. The highest BCUT2D eigenvalue weighted by Gasteiger charge is 2.27. The molecule has 120 valence electrons. The number of rotatable bonds is 3. The average molecular weight is 332 g/mol. The van der Waals surface area contributed by atoms with Crippen molar-refractivity contribution in [3.63, 3.8) is 0 Å². The van der Waals surface area contributed by atoms with Crippen LogP contribution in [-0.4, -0.2) is 40.0 Å². The summed E-state index contributed by atoms with van der Waals surface area (Å²) >= 11 is 6.08. The molecule has 0 saturated carbocycles. The zero-order valence-electron chi connectivity index (χ0n) is 12.9. The van der Waals surface area contributed by atoms with E-state index in [-0.39, 0.29) is 12.0 Å². The van der Waals surface area contributed by atoms with E-state index in [0.717, 1.165) is 25.1 Å². The van der Waals surface area contributed by atoms with Gasteiger partial charge < -0.3 is 9.64 Å². The van der Waals surface area contributed by atoms with E-state index in [0.29, 0.717) is 22.9 Å². The summed E-state index contributed by atoms with van der Waals surface area (Å²) in [5, 5.41) is 0.485. The van der Waals surface area contributed by atoms with Crippen LogP contribution in [0.25, 0.3) is 0 Å². The molecule has 1 fully saturated rings. The van der Waals surface area contributed by atoms with Crippen LogP contribution in [0.4, 0.5) is 0 Å². The van der Waals surface area contributed by atoms with Crippen molar-refractivity contribution in [1.82, 2.24) is 14.9 Å². The van der Waals surface area contributed by atoms with Gasteiger partial charge in [0.1, 0.15) is 16.9 Å². The number of aromatic nitrogens is 2. The minimum Gasteiger partial charge on any atom is -0.487 e. The first kappa shape index (κ1) is 15.7. The smallest absolute Gasteiger partial charge is 0.255 e. The number of nitrogens with zero attached hydrogens (tertiary/aromatic N) is 3. The van der Waals surface area contributed by atoms with E-state index >= 15 is 0 Å². The maximum atomic E-state index is 12.7. The van der Waals surface area contributed by atoms with E-state index in [1.165, 1.54) is 0 Å². The van der Waals surface area contributed by atoms with Gasteiger partial charge >= 0.3 is 0 Å².